The summed E-state index contributed by atoms with van der Waals surface area (Å²) in [5.74, 6) is -1.53. The zero-order chi connectivity index (χ0) is 20.5. The lowest BCUT2D eigenvalue weighted by molar-refractivity contribution is -0.908. The first-order valence-corrected chi connectivity index (χ1v) is 10.3. The molecule has 1 unspecified atom stereocenters. The van der Waals surface area contributed by atoms with Gasteiger partial charge in [0, 0.05) is 24.4 Å². The average molecular weight is 404 g/mol. The maximum absolute atomic E-state index is 14.1. The molecule has 0 bridgehead atoms. The molecule has 1 saturated heterocycles. The van der Waals surface area contributed by atoms with Gasteiger partial charge in [0.05, 0.1) is 25.3 Å². The standard InChI is InChI=1S/C21H26FN3O4/c1-13-3-4-14-11-15(22)12-16-18(14)25(13)21(28)17(19(16)26)20(27)23-5-2-6-24-7-9-29-10-8-24/h11-13,26H,2-10H2,1H3,(H,23,27)/p+1. The van der Waals surface area contributed by atoms with Crippen LogP contribution in [0.4, 0.5) is 4.39 Å². The predicted octanol–water partition coefficient (Wildman–Crippen LogP) is 0.388. The van der Waals surface area contributed by atoms with Crippen molar-refractivity contribution in [2.45, 2.75) is 32.2 Å². The van der Waals surface area contributed by atoms with E-state index in [4.69, 9.17) is 4.74 Å². The monoisotopic (exact) mass is 404 g/mol. The van der Waals surface area contributed by atoms with Crippen LogP contribution < -0.4 is 15.8 Å². The van der Waals surface area contributed by atoms with Crippen LogP contribution in [0.3, 0.4) is 0 Å². The largest absolute Gasteiger partial charge is 0.506 e. The normalized spacial score (nSPS) is 19.4. The Hall–Kier alpha value is -2.45. The van der Waals surface area contributed by atoms with Crippen LogP contribution in [0.2, 0.25) is 0 Å². The summed E-state index contributed by atoms with van der Waals surface area (Å²) in [5, 5.41) is 13.6. The average Bonchev–Trinajstić information content (AvgIpc) is 2.71. The lowest BCUT2D eigenvalue weighted by Crippen LogP contribution is -3.14. The minimum absolute atomic E-state index is 0.125. The van der Waals surface area contributed by atoms with Gasteiger partial charge in [0.15, 0.2) is 0 Å². The molecular formula is C21H27FN3O4+. The molecule has 1 aromatic carbocycles. The number of amides is 1. The highest BCUT2D eigenvalue weighted by Crippen LogP contribution is 2.35. The number of rotatable bonds is 5. The molecule has 7 nitrogen and oxygen atoms in total. The second-order valence-corrected chi connectivity index (χ2v) is 7.97. The van der Waals surface area contributed by atoms with Gasteiger partial charge in [-0.15, -0.1) is 0 Å². The molecular weight excluding hydrogens is 377 g/mol. The fourth-order valence-corrected chi connectivity index (χ4v) is 4.43. The molecule has 2 aromatic rings. The molecule has 3 heterocycles. The van der Waals surface area contributed by atoms with Crippen molar-refractivity contribution in [3.8, 4) is 5.75 Å². The summed E-state index contributed by atoms with van der Waals surface area (Å²) in [6.07, 6.45) is 2.07. The van der Waals surface area contributed by atoms with E-state index in [9.17, 15) is 19.1 Å². The summed E-state index contributed by atoms with van der Waals surface area (Å²) in [5.41, 5.74) is 0.388. The second-order valence-electron chi connectivity index (χ2n) is 7.97. The molecule has 3 N–H and O–H groups in total. The van der Waals surface area contributed by atoms with Gasteiger partial charge in [0.1, 0.15) is 30.2 Å². The Morgan fingerprint density at radius 2 is 2.14 bits per heavy atom. The molecule has 2 aliphatic heterocycles. The highest BCUT2D eigenvalue weighted by Gasteiger charge is 2.28. The van der Waals surface area contributed by atoms with Crippen LogP contribution in [0.1, 0.15) is 41.7 Å². The van der Waals surface area contributed by atoms with E-state index in [-0.39, 0.29) is 17.0 Å². The van der Waals surface area contributed by atoms with Crippen molar-refractivity contribution in [2.24, 2.45) is 0 Å². The van der Waals surface area contributed by atoms with Gasteiger partial charge in [-0.05, 0) is 37.5 Å². The highest BCUT2D eigenvalue weighted by molar-refractivity contribution is 6.03. The second kappa shape index (κ2) is 8.12. The molecule has 8 heteroatoms. The Morgan fingerprint density at radius 1 is 1.38 bits per heavy atom. The molecule has 1 aromatic heterocycles. The Kier molecular flexibility index (Phi) is 5.56. The van der Waals surface area contributed by atoms with Crippen LogP contribution in [0.5, 0.6) is 5.75 Å². The first kappa shape index (κ1) is 19.8. The molecule has 1 atom stereocenters. The summed E-state index contributed by atoms with van der Waals surface area (Å²) in [4.78, 5) is 27.2. The van der Waals surface area contributed by atoms with Gasteiger partial charge in [-0.1, -0.05) is 0 Å². The number of aromatic nitrogens is 1. The number of nitrogens with one attached hydrogen (secondary N) is 2. The van der Waals surface area contributed by atoms with Crippen LogP contribution in [0.25, 0.3) is 10.9 Å². The third-order valence-corrected chi connectivity index (χ3v) is 6.01. The number of hydrogen-bond donors (Lipinski definition) is 3. The summed E-state index contributed by atoms with van der Waals surface area (Å²) >= 11 is 0. The maximum atomic E-state index is 14.1. The van der Waals surface area contributed by atoms with Crippen molar-refractivity contribution in [3.05, 3.63) is 39.4 Å². The molecule has 1 amide bonds. The first-order valence-electron chi connectivity index (χ1n) is 10.3. The van der Waals surface area contributed by atoms with E-state index in [1.807, 2.05) is 6.92 Å². The number of pyridine rings is 1. The fraction of sp³-hybridized carbons (Fsp3) is 0.524. The fourth-order valence-electron chi connectivity index (χ4n) is 4.43. The van der Waals surface area contributed by atoms with Crippen LogP contribution >= 0.6 is 0 Å². The van der Waals surface area contributed by atoms with Crippen molar-refractivity contribution in [1.29, 1.82) is 0 Å². The lowest BCUT2D eigenvalue weighted by Gasteiger charge is -2.26. The van der Waals surface area contributed by atoms with Gasteiger partial charge >= 0.3 is 0 Å². The third kappa shape index (κ3) is 3.74. The topological polar surface area (TPSA) is 85.0 Å². The van der Waals surface area contributed by atoms with Crippen LogP contribution in [-0.4, -0.2) is 55.0 Å². The number of aryl methyl sites for hydroxylation is 1. The van der Waals surface area contributed by atoms with E-state index in [0.717, 1.165) is 39.3 Å². The Balaban J connectivity index is 1.58. The van der Waals surface area contributed by atoms with E-state index in [1.54, 1.807) is 0 Å². The predicted molar refractivity (Wildman–Crippen MR) is 106 cm³/mol. The van der Waals surface area contributed by atoms with E-state index in [1.165, 1.54) is 21.6 Å². The number of nitrogens with zero attached hydrogens (tertiary/aromatic N) is 1. The number of benzene rings is 1. The highest BCUT2D eigenvalue weighted by atomic mass is 19.1. The first-order chi connectivity index (χ1) is 14.0. The zero-order valence-electron chi connectivity index (χ0n) is 16.6. The molecule has 0 spiro atoms. The Labute approximate surface area is 168 Å². The van der Waals surface area contributed by atoms with Crippen molar-refractivity contribution >= 4 is 16.8 Å². The summed E-state index contributed by atoms with van der Waals surface area (Å²) in [6.45, 7) is 6.63. The van der Waals surface area contributed by atoms with Crippen molar-refractivity contribution < 1.29 is 23.9 Å². The van der Waals surface area contributed by atoms with Crippen molar-refractivity contribution in [1.82, 2.24) is 9.88 Å². The van der Waals surface area contributed by atoms with Gasteiger partial charge in [0.25, 0.3) is 11.5 Å². The smallest absolute Gasteiger partial charge is 0.267 e. The van der Waals surface area contributed by atoms with Crippen molar-refractivity contribution in [3.63, 3.8) is 0 Å². The van der Waals surface area contributed by atoms with Gasteiger partial charge in [0.2, 0.25) is 0 Å². The molecule has 0 saturated carbocycles. The number of carbonyl (C=O) groups excluding carboxylic acids is 1. The minimum atomic E-state index is -0.612. The number of carbonyl (C=O) groups is 1. The summed E-state index contributed by atoms with van der Waals surface area (Å²) in [6, 6.07) is 2.47. The number of quaternary nitrogens is 1. The number of hydrogen-bond acceptors (Lipinski definition) is 4. The molecule has 0 aliphatic carbocycles. The number of ether oxygens (including phenoxy) is 1. The van der Waals surface area contributed by atoms with Crippen LogP contribution in [-0.2, 0) is 11.2 Å². The molecule has 4 rings (SSSR count). The van der Waals surface area contributed by atoms with Gasteiger partial charge < -0.3 is 24.6 Å². The third-order valence-electron chi connectivity index (χ3n) is 6.01. The summed E-state index contributed by atoms with van der Waals surface area (Å²) in [7, 11) is 0. The molecule has 29 heavy (non-hydrogen) atoms. The van der Waals surface area contributed by atoms with Crippen molar-refractivity contribution in [2.75, 3.05) is 39.4 Å². The van der Waals surface area contributed by atoms with E-state index in [2.05, 4.69) is 5.32 Å². The molecule has 0 radical (unpaired) electrons. The minimum Gasteiger partial charge on any atom is -0.506 e. The van der Waals surface area contributed by atoms with Crippen LogP contribution in [0.15, 0.2) is 16.9 Å². The van der Waals surface area contributed by atoms with E-state index in [0.29, 0.717) is 30.5 Å². The summed E-state index contributed by atoms with van der Waals surface area (Å²) < 4.78 is 20.9. The maximum Gasteiger partial charge on any atom is 0.267 e. The van der Waals surface area contributed by atoms with Gasteiger partial charge in [-0.2, -0.15) is 0 Å². The Bertz CT molecular complexity index is 998. The molecule has 2 aliphatic rings. The quantitative estimate of drug-likeness (QED) is 0.630. The van der Waals surface area contributed by atoms with Crippen LogP contribution in [0, 0.1) is 5.82 Å². The SMILES string of the molecule is CC1CCc2cc(F)cc3c(O)c(C(=O)NCCC[NH+]4CCOCC4)c(=O)n1c23. The number of halogens is 1. The van der Waals surface area contributed by atoms with Gasteiger partial charge in [-0.3, -0.25) is 9.59 Å². The number of morpholine rings is 1. The molecule has 156 valence electrons. The zero-order valence-corrected chi connectivity index (χ0v) is 16.6. The number of aromatic hydroxyl groups is 1. The van der Waals surface area contributed by atoms with E-state index < -0.39 is 23.0 Å². The van der Waals surface area contributed by atoms with Gasteiger partial charge in [-0.25, -0.2) is 4.39 Å². The van der Waals surface area contributed by atoms with E-state index >= 15 is 0 Å². The Morgan fingerprint density at radius 3 is 2.90 bits per heavy atom. The molecule has 1 fully saturated rings. The lowest BCUT2D eigenvalue weighted by atomic mass is 9.95.